The molecule has 0 aliphatic carbocycles. The summed E-state index contributed by atoms with van der Waals surface area (Å²) in [6, 6.07) is 10.1. The van der Waals surface area contributed by atoms with E-state index < -0.39 is 11.9 Å². The molecule has 0 amide bonds. The summed E-state index contributed by atoms with van der Waals surface area (Å²) in [7, 11) is 1.44. The molecule has 3 heterocycles. The Hall–Kier alpha value is -3.53. The van der Waals surface area contributed by atoms with Crippen molar-refractivity contribution in [3.63, 3.8) is 0 Å². The van der Waals surface area contributed by atoms with Crippen molar-refractivity contribution in [3.8, 4) is 5.75 Å². The third-order valence-electron chi connectivity index (χ3n) is 5.46. The largest absolute Gasteiger partial charge is 0.494 e. The van der Waals surface area contributed by atoms with Crippen LogP contribution in [0.4, 0.5) is 10.1 Å². The molecule has 0 bridgehead atoms. The third-order valence-corrected chi connectivity index (χ3v) is 5.46. The number of benzene rings is 2. The van der Waals surface area contributed by atoms with Gasteiger partial charge in [-0.25, -0.2) is 14.1 Å². The van der Waals surface area contributed by atoms with Gasteiger partial charge in [0.2, 0.25) is 0 Å². The highest BCUT2D eigenvalue weighted by Crippen LogP contribution is 2.30. The second kappa shape index (κ2) is 8.31. The Morgan fingerprint density at radius 3 is 3.06 bits per heavy atom. The first-order valence-corrected chi connectivity index (χ1v) is 10.1. The lowest BCUT2D eigenvalue weighted by atomic mass is 10.0. The van der Waals surface area contributed by atoms with Gasteiger partial charge in [0.15, 0.2) is 17.4 Å². The summed E-state index contributed by atoms with van der Waals surface area (Å²) in [6.07, 6.45) is 3.70. The molecule has 2 atom stereocenters. The summed E-state index contributed by atoms with van der Waals surface area (Å²) in [5.74, 6) is 0.305. The molecule has 2 aromatic heterocycles. The molecule has 2 aromatic carbocycles. The molecule has 10 heteroatoms. The molecule has 0 spiro atoms. The minimum Gasteiger partial charge on any atom is -0.494 e. The summed E-state index contributed by atoms with van der Waals surface area (Å²) in [5.41, 5.74) is 3.25. The maximum absolute atomic E-state index is 14.5. The van der Waals surface area contributed by atoms with E-state index in [4.69, 9.17) is 9.47 Å². The Balaban J connectivity index is 1.52. The lowest BCUT2D eigenvalue weighted by Crippen LogP contribution is -2.23. The van der Waals surface area contributed by atoms with Crippen molar-refractivity contribution in [3.05, 3.63) is 59.9 Å². The van der Waals surface area contributed by atoms with Crippen LogP contribution in [0.25, 0.3) is 11.0 Å². The molecule has 1 aliphatic rings. The Morgan fingerprint density at radius 2 is 2.26 bits per heavy atom. The first-order valence-electron chi connectivity index (χ1n) is 10.1. The van der Waals surface area contributed by atoms with Crippen molar-refractivity contribution in [2.75, 3.05) is 19.0 Å². The van der Waals surface area contributed by atoms with Gasteiger partial charge < -0.3 is 19.8 Å². The fourth-order valence-corrected chi connectivity index (χ4v) is 3.88. The Morgan fingerprint density at radius 1 is 1.32 bits per heavy atom. The summed E-state index contributed by atoms with van der Waals surface area (Å²) >= 11 is 0. The van der Waals surface area contributed by atoms with E-state index >= 15 is 0 Å². The number of aromatic nitrogens is 6. The smallest absolute Gasteiger partial charge is 0.178 e. The topological polar surface area (TPSA) is 103 Å². The Kier molecular flexibility index (Phi) is 5.21. The lowest BCUT2D eigenvalue weighted by Gasteiger charge is -2.21. The van der Waals surface area contributed by atoms with Crippen LogP contribution in [0.1, 0.15) is 30.3 Å². The van der Waals surface area contributed by atoms with Gasteiger partial charge in [-0.05, 0) is 59.2 Å². The Labute approximate surface area is 177 Å². The van der Waals surface area contributed by atoms with Crippen LogP contribution in [-0.4, -0.2) is 50.0 Å². The standard InChI is InChI=1S/C21H22FN7O2/c1-30-19-7-4-13(9-16(19)22)20(25-14-5-6-17-18(10-14)24-12-23-17)21-26-27-28-29(21)11-15-3-2-8-31-15/h4-7,9-10,12,15,20,25H,2-3,8,11H2,1H3,(H,23,24). The number of fused-ring (bicyclic) bond motifs is 1. The van der Waals surface area contributed by atoms with Gasteiger partial charge in [-0.15, -0.1) is 5.10 Å². The van der Waals surface area contributed by atoms with Crippen LogP contribution < -0.4 is 10.1 Å². The predicted octanol–water partition coefficient (Wildman–Crippen LogP) is 3.08. The number of imidazole rings is 1. The zero-order valence-electron chi connectivity index (χ0n) is 17.0. The van der Waals surface area contributed by atoms with Crippen LogP contribution in [0.15, 0.2) is 42.7 Å². The molecule has 2 N–H and O–H groups in total. The highest BCUT2D eigenvalue weighted by atomic mass is 19.1. The molecule has 0 radical (unpaired) electrons. The maximum Gasteiger partial charge on any atom is 0.178 e. The summed E-state index contributed by atoms with van der Waals surface area (Å²) in [4.78, 5) is 7.35. The van der Waals surface area contributed by atoms with Gasteiger partial charge in [-0.1, -0.05) is 6.07 Å². The van der Waals surface area contributed by atoms with E-state index in [0.717, 1.165) is 36.2 Å². The first-order chi connectivity index (χ1) is 15.2. The van der Waals surface area contributed by atoms with Crippen molar-refractivity contribution in [2.45, 2.75) is 31.5 Å². The first kappa shape index (κ1) is 19.4. The third kappa shape index (κ3) is 3.93. The molecule has 1 saturated heterocycles. The van der Waals surface area contributed by atoms with E-state index in [2.05, 4.69) is 30.8 Å². The van der Waals surface area contributed by atoms with Gasteiger partial charge in [0, 0.05) is 12.3 Å². The average Bonchev–Trinajstić information content (AvgIpc) is 3.54. The fraction of sp³-hybridized carbons (Fsp3) is 0.333. The van der Waals surface area contributed by atoms with Crippen LogP contribution in [0.3, 0.4) is 0 Å². The van der Waals surface area contributed by atoms with Crippen LogP contribution in [0.5, 0.6) is 5.75 Å². The molecule has 5 rings (SSSR count). The normalized spacial score (nSPS) is 17.2. The number of nitrogens with zero attached hydrogens (tertiary/aromatic N) is 5. The number of aromatic amines is 1. The van der Waals surface area contributed by atoms with Crippen LogP contribution in [0, 0.1) is 5.82 Å². The molecule has 9 nitrogen and oxygen atoms in total. The van der Waals surface area contributed by atoms with Gasteiger partial charge in [-0.2, -0.15) is 0 Å². The highest BCUT2D eigenvalue weighted by Gasteiger charge is 2.25. The van der Waals surface area contributed by atoms with Crippen molar-refractivity contribution in [2.24, 2.45) is 0 Å². The second-order valence-electron chi connectivity index (χ2n) is 7.46. The van der Waals surface area contributed by atoms with E-state index in [1.807, 2.05) is 18.2 Å². The maximum atomic E-state index is 14.5. The lowest BCUT2D eigenvalue weighted by molar-refractivity contribution is 0.0925. The molecular formula is C21H22FN7O2. The van der Waals surface area contributed by atoms with Crippen LogP contribution >= 0.6 is 0 Å². The molecule has 1 aliphatic heterocycles. The number of halogens is 1. The summed E-state index contributed by atoms with van der Waals surface area (Å²) in [5, 5.41) is 15.8. The zero-order chi connectivity index (χ0) is 21.2. The second-order valence-corrected chi connectivity index (χ2v) is 7.46. The molecule has 1 fully saturated rings. The van der Waals surface area contributed by atoms with Crippen molar-refractivity contribution in [1.82, 2.24) is 30.2 Å². The van der Waals surface area contributed by atoms with Gasteiger partial charge >= 0.3 is 0 Å². The van der Waals surface area contributed by atoms with Gasteiger partial charge in [0.1, 0.15) is 6.04 Å². The number of tetrazole rings is 1. The van der Waals surface area contributed by atoms with E-state index in [1.165, 1.54) is 13.2 Å². The van der Waals surface area contributed by atoms with E-state index in [-0.39, 0.29) is 11.9 Å². The zero-order valence-corrected chi connectivity index (χ0v) is 17.0. The van der Waals surface area contributed by atoms with Crippen molar-refractivity contribution >= 4 is 16.7 Å². The van der Waals surface area contributed by atoms with E-state index in [0.29, 0.717) is 17.9 Å². The number of H-pyrrole nitrogens is 1. The molecule has 0 saturated carbocycles. The number of ether oxygens (including phenoxy) is 2. The predicted molar refractivity (Wildman–Crippen MR) is 111 cm³/mol. The van der Waals surface area contributed by atoms with Crippen LogP contribution in [-0.2, 0) is 11.3 Å². The number of rotatable bonds is 7. The molecule has 31 heavy (non-hydrogen) atoms. The minimum absolute atomic E-state index is 0.0665. The number of anilines is 1. The summed E-state index contributed by atoms with van der Waals surface area (Å²) < 4.78 is 27.1. The number of nitrogens with one attached hydrogen (secondary N) is 2. The fourth-order valence-electron chi connectivity index (χ4n) is 3.88. The summed E-state index contributed by atoms with van der Waals surface area (Å²) in [6.45, 7) is 1.29. The van der Waals surface area contributed by atoms with Gasteiger partial charge in [0.05, 0.1) is 37.1 Å². The SMILES string of the molecule is COc1ccc(C(Nc2ccc3nc[nH]c3c2)c2nnnn2CC2CCCO2)cc1F. The number of hydrogen-bond acceptors (Lipinski definition) is 7. The monoisotopic (exact) mass is 423 g/mol. The average molecular weight is 423 g/mol. The van der Waals surface area contributed by atoms with Crippen LogP contribution in [0.2, 0.25) is 0 Å². The quantitative estimate of drug-likeness (QED) is 0.471. The van der Waals surface area contributed by atoms with Crippen molar-refractivity contribution in [1.29, 1.82) is 0 Å². The molecule has 4 aromatic rings. The van der Waals surface area contributed by atoms with E-state index in [9.17, 15) is 4.39 Å². The van der Waals surface area contributed by atoms with E-state index in [1.54, 1.807) is 23.1 Å². The number of methoxy groups -OCH3 is 1. The number of hydrogen-bond donors (Lipinski definition) is 2. The van der Waals surface area contributed by atoms with Gasteiger partial charge in [-0.3, -0.25) is 0 Å². The van der Waals surface area contributed by atoms with Crippen molar-refractivity contribution < 1.29 is 13.9 Å². The molecule has 160 valence electrons. The van der Waals surface area contributed by atoms with Gasteiger partial charge in [0.25, 0.3) is 0 Å². The molecular weight excluding hydrogens is 401 g/mol. The Bertz CT molecular complexity index is 1190. The minimum atomic E-state index is -0.489. The highest BCUT2D eigenvalue weighted by molar-refractivity contribution is 5.78. The molecule has 2 unspecified atom stereocenters.